The minimum atomic E-state index is -0.423. The highest BCUT2D eigenvalue weighted by molar-refractivity contribution is 6.42. The lowest BCUT2D eigenvalue weighted by Crippen LogP contribution is -2.40. The van der Waals surface area contributed by atoms with Crippen LogP contribution in [0.25, 0.3) is 0 Å². The van der Waals surface area contributed by atoms with Crippen molar-refractivity contribution >= 4 is 40.7 Å². The summed E-state index contributed by atoms with van der Waals surface area (Å²) in [5, 5.41) is 3.45. The van der Waals surface area contributed by atoms with E-state index < -0.39 is 6.10 Å². The van der Waals surface area contributed by atoms with Gasteiger partial charge in [-0.05, 0) is 31.0 Å². The number of amides is 2. The van der Waals surface area contributed by atoms with Crippen molar-refractivity contribution in [3.05, 3.63) is 28.2 Å². The zero-order valence-electron chi connectivity index (χ0n) is 11.6. The van der Waals surface area contributed by atoms with Crippen LogP contribution in [0.1, 0.15) is 12.8 Å². The van der Waals surface area contributed by atoms with Crippen LogP contribution in [0.5, 0.6) is 0 Å². The second-order valence-electron chi connectivity index (χ2n) is 4.87. The van der Waals surface area contributed by atoms with Gasteiger partial charge < -0.3 is 15.0 Å². The molecule has 2 amide bonds. The molecular formula is C14H16Cl2N2O3. The van der Waals surface area contributed by atoms with Gasteiger partial charge >= 0.3 is 0 Å². The first-order valence-electron chi connectivity index (χ1n) is 6.59. The summed E-state index contributed by atoms with van der Waals surface area (Å²) in [5.74, 6) is -0.473. The van der Waals surface area contributed by atoms with Gasteiger partial charge in [0.25, 0.3) is 5.91 Å². The number of nitrogens with zero attached hydrogens (tertiary/aromatic N) is 1. The van der Waals surface area contributed by atoms with Gasteiger partial charge in [-0.2, -0.15) is 0 Å². The average molecular weight is 331 g/mol. The van der Waals surface area contributed by atoms with Gasteiger partial charge in [-0.25, -0.2) is 0 Å². The van der Waals surface area contributed by atoms with Crippen molar-refractivity contribution in [2.45, 2.75) is 18.9 Å². The lowest BCUT2D eigenvalue weighted by atomic mass is 10.2. The number of nitrogens with one attached hydrogen (secondary N) is 1. The number of anilines is 1. The predicted molar refractivity (Wildman–Crippen MR) is 81.7 cm³/mol. The van der Waals surface area contributed by atoms with Gasteiger partial charge in [0, 0.05) is 19.3 Å². The molecule has 1 heterocycles. The van der Waals surface area contributed by atoms with Gasteiger partial charge in [-0.1, -0.05) is 23.2 Å². The normalized spacial score (nSPS) is 17.6. The van der Waals surface area contributed by atoms with Gasteiger partial charge in [-0.15, -0.1) is 0 Å². The van der Waals surface area contributed by atoms with E-state index in [9.17, 15) is 9.59 Å². The molecule has 0 aromatic heterocycles. The van der Waals surface area contributed by atoms with Crippen LogP contribution in [0, 0.1) is 0 Å². The van der Waals surface area contributed by atoms with Crippen molar-refractivity contribution in [2.24, 2.45) is 0 Å². The number of rotatable bonds is 4. The Morgan fingerprint density at radius 3 is 2.76 bits per heavy atom. The van der Waals surface area contributed by atoms with E-state index in [1.54, 1.807) is 25.2 Å². The van der Waals surface area contributed by atoms with Gasteiger partial charge in [0.15, 0.2) is 0 Å². The van der Waals surface area contributed by atoms with Crippen LogP contribution in [-0.2, 0) is 14.3 Å². The summed E-state index contributed by atoms with van der Waals surface area (Å²) in [6.45, 7) is 0.554. The molecule has 7 heteroatoms. The summed E-state index contributed by atoms with van der Waals surface area (Å²) >= 11 is 11.7. The van der Waals surface area contributed by atoms with E-state index >= 15 is 0 Å². The summed E-state index contributed by atoms with van der Waals surface area (Å²) in [6, 6.07) is 4.80. The molecule has 1 N–H and O–H groups in total. The average Bonchev–Trinajstić information content (AvgIpc) is 2.96. The summed E-state index contributed by atoms with van der Waals surface area (Å²) in [7, 11) is 1.58. The molecule has 1 aliphatic heterocycles. The van der Waals surface area contributed by atoms with Crippen molar-refractivity contribution in [3.8, 4) is 0 Å². The Hall–Kier alpha value is -1.30. The molecule has 114 valence electrons. The molecule has 0 radical (unpaired) electrons. The SMILES string of the molecule is CN(CC(=O)Nc1ccc(Cl)c(Cl)c1)C(=O)C1CCCO1. The number of carbonyl (C=O) groups excluding carboxylic acids is 2. The topological polar surface area (TPSA) is 58.6 Å². The molecule has 2 rings (SSSR count). The first kappa shape index (κ1) is 16.1. The second kappa shape index (κ2) is 7.11. The van der Waals surface area contributed by atoms with E-state index in [4.69, 9.17) is 27.9 Å². The summed E-state index contributed by atoms with van der Waals surface area (Å²) in [5.41, 5.74) is 0.535. The van der Waals surface area contributed by atoms with Crippen LogP contribution in [0.3, 0.4) is 0 Å². The molecule has 1 aromatic carbocycles. The van der Waals surface area contributed by atoms with Crippen LogP contribution in [0.4, 0.5) is 5.69 Å². The van der Waals surface area contributed by atoms with Crippen molar-refractivity contribution in [1.29, 1.82) is 0 Å². The fourth-order valence-corrected chi connectivity index (χ4v) is 2.38. The number of benzene rings is 1. The summed E-state index contributed by atoms with van der Waals surface area (Å²) < 4.78 is 5.31. The molecule has 0 spiro atoms. The van der Waals surface area contributed by atoms with Crippen molar-refractivity contribution < 1.29 is 14.3 Å². The van der Waals surface area contributed by atoms with Crippen molar-refractivity contribution in [2.75, 3.05) is 25.5 Å². The Morgan fingerprint density at radius 2 is 2.14 bits per heavy atom. The number of ether oxygens (including phenoxy) is 1. The number of halogens is 2. The Kier molecular flexibility index (Phi) is 5.45. The molecule has 0 bridgehead atoms. The predicted octanol–water partition coefficient (Wildman–Crippen LogP) is 2.57. The van der Waals surface area contributed by atoms with E-state index in [0.29, 0.717) is 28.8 Å². The smallest absolute Gasteiger partial charge is 0.251 e. The van der Waals surface area contributed by atoms with Gasteiger partial charge in [0.2, 0.25) is 5.91 Å². The zero-order chi connectivity index (χ0) is 15.4. The number of carbonyl (C=O) groups is 2. The monoisotopic (exact) mass is 330 g/mol. The highest BCUT2D eigenvalue weighted by Crippen LogP contribution is 2.25. The number of hydrogen-bond donors (Lipinski definition) is 1. The lowest BCUT2D eigenvalue weighted by Gasteiger charge is -2.20. The molecular weight excluding hydrogens is 315 g/mol. The molecule has 0 saturated carbocycles. The van der Waals surface area contributed by atoms with Crippen molar-refractivity contribution in [1.82, 2.24) is 4.90 Å². The summed E-state index contributed by atoms with van der Waals surface area (Å²) in [6.07, 6.45) is 1.16. The Bertz CT molecular complexity index is 545. The minimum absolute atomic E-state index is 0.0427. The number of hydrogen-bond acceptors (Lipinski definition) is 3. The fraction of sp³-hybridized carbons (Fsp3) is 0.429. The third-order valence-electron chi connectivity index (χ3n) is 3.17. The van der Waals surface area contributed by atoms with Gasteiger partial charge in [0.05, 0.1) is 16.6 Å². The second-order valence-corrected chi connectivity index (χ2v) is 5.69. The largest absolute Gasteiger partial charge is 0.368 e. The van der Waals surface area contributed by atoms with Crippen molar-refractivity contribution in [3.63, 3.8) is 0 Å². The molecule has 1 fully saturated rings. The maximum absolute atomic E-state index is 12.0. The van der Waals surface area contributed by atoms with Crippen LogP contribution < -0.4 is 5.32 Å². The summed E-state index contributed by atoms with van der Waals surface area (Å²) in [4.78, 5) is 25.3. The van der Waals surface area contributed by atoms with Crippen LogP contribution in [0.15, 0.2) is 18.2 Å². The first-order valence-corrected chi connectivity index (χ1v) is 7.34. The third-order valence-corrected chi connectivity index (χ3v) is 3.90. The Balaban J connectivity index is 1.88. The molecule has 1 atom stereocenters. The number of likely N-dealkylation sites (N-methyl/N-ethyl adjacent to an activating group) is 1. The van der Waals surface area contributed by atoms with Crippen LogP contribution in [-0.4, -0.2) is 43.0 Å². The molecule has 5 nitrogen and oxygen atoms in total. The van der Waals surface area contributed by atoms with Gasteiger partial charge in [0.1, 0.15) is 6.10 Å². The highest BCUT2D eigenvalue weighted by Gasteiger charge is 2.27. The maximum atomic E-state index is 12.0. The fourth-order valence-electron chi connectivity index (χ4n) is 2.09. The molecule has 1 unspecified atom stereocenters. The molecule has 21 heavy (non-hydrogen) atoms. The van der Waals surface area contributed by atoms with Crippen LogP contribution >= 0.6 is 23.2 Å². The molecule has 1 saturated heterocycles. The molecule has 0 aliphatic carbocycles. The minimum Gasteiger partial charge on any atom is -0.368 e. The lowest BCUT2D eigenvalue weighted by molar-refractivity contribution is -0.141. The quantitative estimate of drug-likeness (QED) is 0.922. The molecule has 1 aromatic rings. The zero-order valence-corrected chi connectivity index (χ0v) is 13.1. The maximum Gasteiger partial charge on any atom is 0.251 e. The standard InChI is InChI=1S/C14H16Cl2N2O3/c1-18(14(20)12-3-2-6-21-12)8-13(19)17-9-4-5-10(15)11(16)7-9/h4-5,7,12H,2-3,6,8H2,1H3,(H,17,19). The third kappa shape index (κ3) is 4.33. The van der Waals surface area contributed by atoms with E-state index in [0.717, 1.165) is 6.42 Å². The molecule has 1 aliphatic rings. The Labute approximate surface area is 133 Å². The van der Waals surface area contributed by atoms with E-state index in [-0.39, 0.29) is 18.4 Å². The highest BCUT2D eigenvalue weighted by atomic mass is 35.5. The van der Waals surface area contributed by atoms with Gasteiger partial charge in [-0.3, -0.25) is 9.59 Å². The van der Waals surface area contributed by atoms with E-state index in [1.807, 2.05) is 0 Å². The van der Waals surface area contributed by atoms with E-state index in [1.165, 1.54) is 4.90 Å². The van der Waals surface area contributed by atoms with Crippen LogP contribution in [0.2, 0.25) is 10.0 Å². The van der Waals surface area contributed by atoms with E-state index in [2.05, 4.69) is 5.32 Å². The Morgan fingerprint density at radius 1 is 1.38 bits per heavy atom. The first-order chi connectivity index (χ1) is 9.97.